The highest BCUT2D eigenvalue weighted by Crippen LogP contribution is 2.46. The molecule has 0 spiro atoms. The highest BCUT2D eigenvalue weighted by molar-refractivity contribution is 5.59. The van der Waals surface area contributed by atoms with Gasteiger partial charge in [-0.05, 0) is 24.5 Å². The van der Waals surface area contributed by atoms with Crippen LogP contribution in [0.15, 0.2) is 48.5 Å². The predicted octanol–water partition coefficient (Wildman–Crippen LogP) is 3.87. The molecule has 0 aliphatic heterocycles. The summed E-state index contributed by atoms with van der Waals surface area (Å²) in [5.74, 6) is 1.52. The Hall–Kier alpha value is -1.63. The lowest BCUT2D eigenvalue weighted by atomic mass is 10.1. The number of hydrogen-bond donors (Lipinski definition) is 0. The van der Waals surface area contributed by atoms with E-state index in [4.69, 9.17) is 4.98 Å². The zero-order chi connectivity index (χ0) is 11.0. The van der Waals surface area contributed by atoms with Crippen LogP contribution in [0.1, 0.15) is 25.0 Å². The first-order valence-electron chi connectivity index (χ1n) is 5.87. The molecule has 1 unspecified atom stereocenters. The fourth-order valence-electron chi connectivity index (χ4n) is 2.16. The van der Waals surface area contributed by atoms with Crippen LogP contribution < -0.4 is 0 Å². The minimum absolute atomic E-state index is 0.698. The molecule has 1 heteroatoms. The molecule has 1 aliphatic carbocycles. The second-order valence-corrected chi connectivity index (χ2v) is 4.63. The van der Waals surface area contributed by atoms with E-state index in [1.54, 1.807) is 0 Å². The van der Waals surface area contributed by atoms with Crippen molar-refractivity contribution in [2.45, 2.75) is 19.3 Å². The molecular weight excluding hydrogens is 194 g/mol. The summed E-state index contributed by atoms with van der Waals surface area (Å²) in [7, 11) is 0. The molecule has 16 heavy (non-hydrogen) atoms. The molecule has 0 saturated heterocycles. The third kappa shape index (κ3) is 1.73. The molecule has 0 bridgehead atoms. The van der Waals surface area contributed by atoms with Gasteiger partial charge in [0.25, 0.3) is 0 Å². The zero-order valence-electron chi connectivity index (χ0n) is 9.43. The zero-order valence-corrected chi connectivity index (χ0v) is 9.43. The smallest absolute Gasteiger partial charge is 0.0705 e. The molecule has 1 aromatic heterocycles. The van der Waals surface area contributed by atoms with Crippen LogP contribution in [0.25, 0.3) is 11.3 Å². The Bertz CT molecular complexity index is 490. The molecule has 1 nitrogen and oxygen atoms in total. The summed E-state index contributed by atoms with van der Waals surface area (Å²) in [5.41, 5.74) is 3.56. The van der Waals surface area contributed by atoms with Crippen molar-refractivity contribution in [1.29, 1.82) is 0 Å². The SMILES string of the molecule is CC1C[C@H]1c1cccc(-c2ccccc2)n1. The van der Waals surface area contributed by atoms with Gasteiger partial charge in [-0.25, -0.2) is 0 Å². The number of pyridine rings is 1. The molecule has 1 aromatic carbocycles. The number of hydrogen-bond acceptors (Lipinski definition) is 1. The Morgan fingerprint density at radius 3 is 2.44 bits per heavy atom. The van der Waals surface area contributed by atoms with Crippen LogP contribution in [0.4, 0.5) is 0 Å². The lowest BCUT2D eigenvalue weighted by molar-refractivity contribution is 0.887. The van der Waals surface area contributed by atoms with E-state index in [-0.39, 0.29) is 0 Å². The topological polar surface area (TPSA) is 12.9 Å². The first-order chi connectivity index (χ1) is 7.84. The largest absolute Gasteiger partial charge is 0.253 e. The summed E-state index contributed by atoms with van der Waals surface area (Å²) >= 11 is 0. The van der Waals surface area contributed by atoms with Crippen molar-refractivity contribution in [2.75, 3.05) is 0 Å². The van der Waals surface area contributed by atoms with Crippen LogP contribution in [0.3, 0.4) is 0 Å². The second-order valence-electron chi connectivity index (χ2n) is 4.63. The maximum atomic E-state index is 4.76. The Kier molecular flexibility index (Phi) is 2.24. The van der Waals surface area contributed by atoms with Gasteiger partial charge in [0.05, 0.1) is 5.69 Å². The van der Waals surface area contributed by atoms with Crippen molar-refractivity contribution in [3.8, 4) is 11.3 Å². The van der Waals surface area contributed by atoms with Gasteiger partial charge >= 0.3 is 0 Å². The summed E-state index contributed by atoms with van der Waals surface area (Å²) in [6.07, 6.45) is 1.30. The van der Waals surface area contributed by atoms with Crippen molar-refractivity contribution in [1.82, 2.24) is 4.98 Å². The molecule has 0 radical (unpaired) electrons. The van der Waals surface area contributed by atoms with Gasteiger partial charge in [-0.15, -0.1) is 0 Å². The number of nitrogens with zero attached hydrogens (tertiary/aromatic N) is 1. The van der Waals surface area contributed by atoms with Gasteiger partial charge in [0.15, 0.2) is 0 Å². The Morgan fingerprint density at radius 2 is 1.75 bits per heavy atom. The Labute approximate surface area is 96.2 Å². The first kappa shape index (κ1) is 9.59. The Morgan fingerprint density at radius 1 is 1.00 bits per heavy atom. The van der Waals surface area contributed by atoms with Gasteiger partial charge in [-0.2, -0.15) is 0 Å². The van der Waals surface area contributed by atoms with Crippen LogP contribution in [-0.4, -0.2) is 4.98 Å². The lowest BCUT2D eigenvalue weighted by Gasteiger charge is -2.03. The Balaban J connectivity index is 1.97. The summed E-state index contributed by atoms with van der Waals surface area (Å²) in [6.45, 7) is 2.29. The number of rotatable bonds is 2. The van der Waals surface area contributed by atoms with Crippen LogP contribution in [0, 0.1) is 5.92 Å². The van der Waals surface area contributed by atoms with E-state index in [0.717, 1.165) is 11.6 Å². The summed E-state index contributed by atoms with van der Waals surface area (Å²) in [5, 5.41) is 0. The quantitative estimate of drug-likeness (QED) is 0.731. The molecular formula is C15H15N. The fraction of sp³-hybridized carbons (Fsp3) is 0.267. The molecule has 1 fully saturated rings. The van der Waals surface area contributed by atoms with Gasteiger partial charge in [0, 0.05) is 17.2 Å². The van der Waals surface area contributed by atoms with E-state index in [9.17, 15) is 0 Å². The predicted molar refractivity (Wildman–Crippen MR) is 66.2 cm³/mol. The van der Waals surface area contributed by atoms with Crippen molar-refractivity contribution in [3.05, 3.63) is 54.2 Å². The van der Waals surface area contributed by atoms with E-state index in [1.807, 2.05) is 6.07 Å². The summed E-state index contributed by atoms with van der Waals surface area (Å²) < 4.78 is 0. The lowest BCUT2D eigenvalue weighted by Crippen LogP contribution is -1.90. The molecule has 1 aliphatic rings. The maximum absolute atomic E-state index is 4.76. The molecule has 3 rings (SSSR count). The number of benzene rings is 1. The minimum atomic E-state index is 0.698. The number of aromatic nitrogens is 1. The normalized spacial score (nSPS) is 23.1. The summed E-state index contributed by atoms with van der Waals surface area (Å²) in [4.78, 5) is 4.76. The van der Waals surface area contributed by atoms with Crippen LogP contribution in [0.2, 0.25) is 0 Å². The average Bonchev–Trinajstić information content (AvgIpc) is 3.08. The van der Waals surface area contributed by atoms with E-state index in [1.165, 1.54) is 17.7 Å². The third-order valence-electron chi connectivity index (χ3n) is 3.33. The van der Waals surface area contributed by atoms with Crippen LogP contribution >= 0.6 is 0 Å². The average molecular weight is 209 g/mol. The highest BCUT2D eigenvalue weighted by atomic mass is 14.7. The van der Waals surface area contributed by atoms with Crippen molar-refractivity contribution < 1.29 is 0 Å². The molecule has 80 valence electrons. The van der Waals surface area contributed by atoms with Gasteiger partial charge in [0.1, 0.15) is 0 Å². The standard InChI is InChI=1S/C15H15N/c1-11-10-13(11)15-9-5-8-14(16-15)12-6-3-2-4-7-12/h2-9,11,13H,10H2,1H3/t11?,13-/m1/s1. The van der Waals surface area contributed by atoms with Crippen molar-refractivity contribution >= 4 is 0 Å². The van der Waals surface area contributed by atoms with Gasteiger partial charge in [-0.1, -0.05) is 43.3 Å². The molecule has 0 N–H and O–H groups in total. The van der Waals surface area contributed by atoms with Crippen molar-refractivity contribution in [3.63, 3.8) is 0 Å². The van der Waals surface area contributed by atoms with Crippen LogP contribution in [-0.2, 0) is 0 Å². The van der Waals surface area contributed by atoms with Gasteiger partial charge in [0.2, 0.25) is 0 Å². The van der Waals surface area contributed by atoms with Gasteiger partial charge < -0.3 is 0 Å². The first-order valence-corrected chi connectivity index (χ1v) is 5.87. The summed E-state index contributed by atoms with van der Waals surface area (Å²) in [6, 6.07) is 16.7. The highest BCUT2D eigenvalue weighted by Gasteiger charge is 2.35. The molecule has 0 amide bonds. The second kappa shape index (κ2) is 3.75. The monoisotopic (exact) mass is 209 g/mol. The van der Waals surface area contributed by atoms with Crippen LogP contribution in [0.5, 0.6) is 0 Å². The molecule has 1 saturated carbocycles. The molecule has 2 atom stereocenters. The molecule has 1 heterocycles. The van der Waals surface area contributed by atoms with E-state index in [2.05, 4.69) is 49.4 Å². The van der Waals surface area contributed by atoms with Crippen molar-refractivity contribution in [2.24, 2.45) is 5.92 Å². The van der Waals surface area contributed by atoms with E-state index in [0.29, 0.717) is 5.92 Å². The molecule has 2 aromatic rings. The fourth-order valence-corrected chi connectivity index (χ4v) is 2.16. The minimum Gasteiger partial charge on any atom is -0.253 e. The van der Waals surface area contributed by atoms with E-state index < -0.39 is 0 Å². The van der Waals surface area contributed by atoms with E-state index >= 15 is 0 Å². The third-order valence-corrected chi connectivity index (χ3v) is 3.33. The maximum Gasteiger partial charge on any atom is 0.0705 e. The van der Waals surface area contributed by atoms with Gasteiger partial charge in [-0.3, -0.25) is 4.98 Å².